The van der Waals surface area contributed by atoms with E-state index < -0.39 is 17.4 Å². The van der Waals surface area contributed by atoms with E-state index in [4.69, 9.17) is 9.47 Å². The van der Waals surface area contributed by atoms with Gasteiger partial charge in [0.1, 0.15) is 11.6 Å². The fourth-order valence-corrected chi connectivity index (χ4v) is 4.31. The van der Waals surface area contributed by atoms with Crippen molar-refractivity contribution in [3.05, 3.63) is 100 Å². The molecule has 0 aliphatic carbocycles. The molecule has 0 saturated heterocycles. The SMILES string of the molecule is CCn1cc(C(=O)NC(Cc2ccccc2)C(=O)NCc2ccncc2)c(=O)c2cc3c(cc21)OCO3. The number of carbonyl (C=O) groups is 2. The second-order valence-electron chi connectivity index (χ2n) is 8.67. The average molecular weight is 499 g/mol. The maximum absolute atomic E-state index is 13.4. The molecule has 9 nitrogen and oxygen atoms in total. The third-order valence-electron chi connectivity index (χ3n) is 6.28. The zero-order valence-corrected chi connectivity index (χ0v) is 20.3. The number of fused-ring (bicyclic) bond motifs is 2. The number of nitrogens with zero attached hydrogens (tertiary/aromatic N) is 2. The summed E-state index contributed by atoms with van der Waals surface area (Å²) in [5.74, 6) is 0.0445. The van der Waals surface area contributed by atoms with Crippen LogP contribution in [0.25, 0.3) is 10.9 Å². The number of ether oxygens (including phenoxy) is 2. The van der Waals surface area contributed by atoms with Crippen molar-refractivity contribution in [2.24, 2.45) is 0 Å². The molecule has 2 N–H and O–H groups in total. The molecular weight excluding hydrogens is 472 g/mol. The first-order valence-electron chi connectivity index (χ1n) is 12.0. The van der Waals surface area contributed by atoms with E-state index in [1.807, 2.05) is 41.8 Å². The molecule has 37 heavy (non-hydrogen) atoms. The van der Waals surface area contributed by atoms with E-state index in [1.165, 1.54) is 6.20 Å². The average Bonchev–Trinajstić information content (AvgIpc) is 3.39. The van der Waals surface area contributed by atoms with Crippen LogP contribution in [0.15, 0.2) is 78.0 Å². The van der Waals surface area contributed by atoms with Crippen LogP contribution < -0.4 is 25.5 Å². The summed E-state index contributed by atoms with van der Waals surface area (Å²) in [6.45, 7) is 2.81. The fourth-order valence-electron chi connectivity index (χ4n) is 4.31. The predicted octanol–water partition coefficient (Wildman–Crippen LogP) is 2.80. The van der Waals surface area contributed by atoms with Crippen molar-refractivity contribution in [1.29, 1.82) is 0 Å². The summed E-state index contributed by atoms with van der Waals surface area (Å²) in [7, 11) is 0. The highest BCUT2D eigenvalue weighted by Crippen LogP contribution is 2.35. The van der Waals surface area contributed by atoms with E-state index in [9.17, 15) is 14.4 Å². The second-order valence-corrected chi connectivity index (χ2v) is 8.67. The maximum atomic E-state index is 13.4. The molecule has 2 aromatic heterocycles. The first-order valence-corrected chi connectivity index (χ1v) is 12.0. The summed E-state index contributed by atoms with van der Waals surface area (Å²) < 4.78 is 12.7. The van der Waals surface area contributed by atoms with Crippen molar-refractivity contribution in [3.8, 4) is 11.5 Å². The van der Waals surface area contributed by atoms with Gasteiger partial charge in [-0.1, -0.05) is 30.3 Å². The highest BCUT2D eigenvalue weighted by molar-refractivity contribution is 6.00. The Morgan fingerprint density at radius 2 is 1.76 bits per heavy atom. The third kappa shape index (κ3) is 5.16. The summed E-state index contributed by atoms with van der Waals surface area (Å²) in [5.41, 5.74) is 1.92. The molecule has 1 aliphatic heterocycles. The molecule has 0 bridgehead atoms. The van der Waals surface area contributed by atoms with Crippen LogP contribution in [0.1, 0.15) is 28.4 Å². The van der Waals surface area contributed by atoms with E-state index in [0.717, 1.165) is 11.1 Å². The van der Waals surface area contributed by atoms with Gasteiger partial charge < -0.3 is 24.7 Å². The molecule has 4 aromatic rings. The third-order valence-corrected chi connectivity index (χ3v) is 6.28. The van der Waals surface area contributed by atoms with Gasteiger partial charge in [-0.25, -0.2) is 0 Å². The zero-order valence-electron chi connectivity index (χ0n) is 20.3. The van der Waals surface area contributed by atoms with Crippen LogP contribution >= 0.6 is 0 Å². The van der Waals surface area contributed by atoms with E-state index >= 15 is 0 Å². The lowest BCUT2D eigenvalue weighted by Gasteiger charge is -2.19. The lowest BCUT2D eigenvalue weighted by molar-refractivity contribution is -0.123. The largest absolute Gasteiger partial charge is 0.454 e. The van der Waals surface area contributed by atoms with Crippen LogP contribution in [0.3, 0.4) is 0 Å². The van der Waals surface area contributed by atoms with Crippen LogP contribution in [0.2, 0.25) is 0 Å². The lowest BCUT2D eigenvalue weighted by Crippen LogP contribution is -2.48. The molecule has 0 radical (unpaired) electrons. The number of benzene rings is 2. The van der Waals surface area contributed by atoms with Gasteiger partial charge in [-0.15, -0.1) is 0 Å². The summed E-state index contributed by atoms with van der Waals surface area (Å²) in [4.78, 5) is 44.0. The Bertz CT molecular complexity index is 1500. The first-order chi connectivity index (χ1) is 18.0. The number of hydrogen-bond acceptors (Lipinski definition) is 6. The first kappa shape index (κ1) is 24.1. The van der Waals surface area contributed by atoms with E-state index in [2.05, 4.69) is 15.6 Å². The van der Waals surface area contributed by atoms with Crippen molar-refractivity contribution in [2.75, 3.05) is 6.79 Å². The van der Waals surface area contributed by atoms with Gasteiger partial charge in [0.25, 0.3) is 5.91 Å². The van der Waals surface area contributed by atoms with E-state index in [1.54, 1.807) is 36.7 Å². The van der Waals surface area contributed by atoms with Gasteiger partial charge >= 0.3 is 0 Å². The molecule has 9 heteroatoms. The molecule has 0 fully saturated rings. The molecule has 2 aromatic carbocycles. The molecule has 3 heterocycles. The molecule has 1 atom stereocenters. The van der Waals surface area contributed by atoms with Crippen molar-refractivity contribution in [3.63, 3.8) is 0 Å². The Labute approximate surface area is 213 Å². The minimum atomic E-state index is -0.890. The monoisotopic (exact) mass is 498 g/mol. The molecule has 188 valence electrons. The van der Waals surface area contributed by atoms with Crippen LogP contribution in [0.4, 0.5) is 0 Å². The second kappa shape index (κ2) is 10.5. The summed E-state index contributed by atoms with van der Waals surface area (Å²) in [6, 6.07) is 15.5. The number of aromatic nitrogens is 2. The quantitative estimate of drug-likeness (QED) is 0.387. The molecule has 1 aliphatic rings. The number of carbonyl (C=O) groups excluding carboxylic acids is 2. The standard InChI is InChI=1S/C28H26N4O5/c1-2-32-16-21(26(33)20-13-24-25(14-23(20)32)37-17-36-24)27(34)31-22(12-18-6-4-3-5-7-18)28(35)30-15-19-8-10-29-11-9-19/h3-11,13-14,16,22H,2,12,15,17H2,1H3,(H,30,35)(H,31,34). The van der Waals surface area contributed by atoms with E-state index in [0.29, 0.717) is 28.9 Å². The van der Waals surface area contributed by atoms with Gasteiger partial charge in [0.05, 0.1) is 10.9 Å². The number of rotatable bonds is 8. The molecule has 5 rings (SSSR count). The van der Waals surface area contributed by atoms with E-state index in [-0.39, 0.29) is 31.2 Å². The Kier molecular flexibility index (Phi) is 6.85. The van der Waals surface area contributed by atoms with Gasteiger partial charge in [0.15, 0.2) is 11.5 Å². The van der Waals surface area contributed by atoms with Crippen molar-refractivity contribution < 1.29 is 19.1 Å². The van der Waals surface area contributed by atoms with Crippen LogP contribution in [0, 0.1) is 0 Å². The highest BCUT2D eigenvalue weighted by Gasteiger charge is 2.25. The zero-order chi connectivity index (χ0) is 25.8. The topological polar surface area (TPSA) is 112 Å². The Morgan fingerprint density at radius 3 is 2.49 bits per heavy atom. The number of aryl methyl sites for hydroxylation is 1. The number of amides is 2. The van der Waals surface area contributed by atoms with Gasteiger partial charge in [0.2, 0.25) is 18.1 Å². The minimum absolute atomic E-state index is 0.0480. The predicted molar refractivity (Wildman–Crippen MR) is 137 cm³/mol. The van der Waals surface area contributed by atoms with Crippen molar-refractivity contribution >= 4 is 22.7 Å². The minimum Gasteiger partial charge on any atom is -0.454 e. The van der Waals surface area contributed by atoms with Gasteiger partial charge in [0, 0.05) is 44.2 Å². The summed E-state index contributed by atoms with van der Waals surface area (Å²) in [6.07, 6.45) is 5.09. The summed E-state index contributed by atoms with van der Waals surface area (Å²) >= 11 is 0. The molecule has 0 saturated carbocycles. The molecule has 1 unspecified atom stereocenters. The molecule has 0 spiro atoms. The molecule has 2 amide bonds. The number of nitrogens with one attached hydrogen (secondary N) is 2. The normalized spacial score (nSPS) is 12.8. The van der Waals surface area contributed by atoms with Crippen LogP contribution in [0.5, 0.6) is 11.5 Å². The molecular formula is C28H26N4O5. The van der Waals surface area contributed by atoms with Crippen molar-refractivity contribution in [2.45, 2.75) is 32.5 Å². The fraction of sp³-hybridized carbons (Fsp3) is 0.214. The van der Waals surface area contributed by atoms with Crippen molar-refractivity contribution in [1.82, 2.24) is 20.2 Å². The van der Waals surface area contributed by atoms with Gasteiger partial charge in [-0.3, -0.25) is 19.4 Å². The highest BCUT2D eigenvalue weighted by atomic mass is 16.7. The van der Waals surface area contributed by atoms with Crippen LogP contribution in [-0.4, -0.2) is 34.2 Å². The Morgan fingerprint density at radius 1 is 1.03 bits per heavy atom. The van der Waals surface area contributed by atoms with Crippen LogP contribution in [-0.2, 0) is 24.3 Å². The Hall–Kier alpha value is -4.66. The lowest BCUT2D eigenvalue weighted by atomic mass is 10.0. The smallest absolute Gasteiger partial charge is 0.257 e. The number of pyridine rings is 2. The number of hydrogen-bond donors (Lipinski definition) is 2. The van der Waals surface area contributed by atoms with Gasteiger partial charge in [-0.05, 0) is 36.2 Å². The Balaban J connectivity index is 1.44. The van der Waals surface area contributed by atoms with Gasteiger partial charge in [-0.2, -0.15) is 0 Å². The summed E-state index contributed by atoms with van der Waals surface area (Å²) in [5, 5.41) is 6.02. The maximum Gasteiger partial charge on any atom is 0.257 e.